The lowest BCUT2D eigenvalue weighted by Gasteiger charge is -2.12. The van der Waals surface area contributed by atoms with Gasteiger partial charge in [-0.3, -0.25) is 0 Å². The molecule has 0 unspecified atom stereocenters. The quantitative estimate of drug-likeness (QED) is 0.581. The summed E-state index contributed by atoms with van der Waals surface area (Å²) >= 11 is 5.99. The highest BCUT2D eigenvalue weighted by atomic mass is 35.5. The fourth-order valence-electron chi connectivity index (χ4n) is 1.69. The minimum Gasteiger partial charge on any atom is -0.467 e. The molecule has 1 N–H and O–H groups in total. The lowest BCUT2D eigenvalue weighted by Crippen LogP contribution is -2.13. The lowest BCUT2D eigenvalue weighted by atomic mass is 10.2. The van der Waals surface area contributed by atoms with Crippen molar-refractivity contribution >= 4 is 11.6 Å². The number of hydrogen-bond acceptors (Lipinski definition) is 3. The lowest BCUT2D eigenvalue weighted by molar-refractivity contribution is 0.00942. The van der Waals surface area contributed by atoms with Gasteiger partial charge < -0.3 is 14.8 Å². The number of nitrogens with one attached hydrogen (secondary N) is 1. The van der Waals surface area contributed by atoms with E-state index in [9.17, 15) is 0 Å². The Morgan fingerprint density at radius 3 is 2.94 bits per heavy atom. The Labute approximate surface area is 113 Å². The molecule has 18 heavy (non-hydrogen) atoms. The van der Waals surface area contributed by atoms with Crippen molar-refractivity contribution in [3.05, 3.63) is 28.8 Å². The van der Waals surface area contributed by atoms with E-state index in [1.54, 1.807) is 0 Å². The third-order valence-electron chi connectivity index (χ3n) is 2.94. The Morgan fingerprint density at radius 2 is 2.22 bits per heavy atom. The Balaban J connectivity index is 1.83. The summed E-state index contributed by atoms with van der Waals surface area (Å²) < 4.78 is 11.1. The molecule has 1 aromatic carbocycles. The average Bonchev–Trinajstić information content (AvgIpc) is 3.18. The van der Waals surface area contributed by atoms with Crippen LogP contribution in [0.5, 0.6) is 5.75 Å². The fourth-order valence-corrected chi connectivity index (χ4v) is 1.89. The molecule has 1 aliphatic carbocycles. The van der Waals surface area contributed by atoms with Crippen molar-refractivity contribution in [2.45, 2.75) is 26.3 Å². The van der Waals surface area contributed by atoms with E-state index >= 15 is 0 Å². The predicted molar refractivity (Wildman–Crippen MR) is 73.0 cm³/mol. The maximum atomic E-state index is 5.99. The number of benzene rings is 1. The van der Waals surface area contributed by atoms with Gasteiger partial charge in [-0.1, -0.05) is 18.5 Å². The van der Waals surface area contributed by atoms with E-state index in [-0.39, 0.29) is 0 Å². The van der Waals surface area contributed by atoms with E-state index in [0.29, 0.717) is 6.79 Å². The molecule has 0 radical (unpaired) electrons. The van der Waals surface area contributed by atoms with Crippen molar-refractivity contribution in [1.82, 2.24) is 5.32 Å². The van der Waals surface area contributed by atoms with Crippen LogP contribution in [-0.4, -0.2) is 19.9 Å². The molecule has 1 saturated carbocycles. The first-order chi connectivity index (χ1) is 8.79. The van der Waals surface area contributed by atoms with Gasteiger partial charge in [0, 0.05) is 17.1 Å². The molecule has 3 nitrogen and oxygen atoms in total. The van der Waals surface area contributed by atoms with Gasteiger partial charge in [0.05, 0.1) is 6.61 Å². The van der Waals surface area contributed by atoms with Gasteiger partial charge in [0.1, 0.15) is 5.75 Å². The van der Waals surface area contributed by atoms with Gasteiger partial charge >= 0.3 is 0 Å². The van der Waals surface area contributed by atoms with E-state index in [4.69, 9.17) is 21.1 Å². The van der Waals surface area contributed by atoms with Crippen molar-refractivity contribution in [2.75, 3.05) is 19.9 Å². The molecular weight excluding hydrogens is 250 g/mol. The van der Waals surface area contributed by atoms with Crippen molar-refractivity contribution in [2.24, 2.45) is 5.92 Å². The molecule has 0 spiro atoms. The van der Waals surface area contributed by atoms with Crippen molar-refractivity contribution < 1.29 is 9.47 Å². The molecule has 0 heterocycles. The van der Waals surface area contributed by atoms with Gasteiger partial charge in [0.25, 0.3) is 0 Å². The molecule has 1 aromatic rings. The minimum atomic E-state index is 0.317. The van der Waals surface area contributed by atoms with Crippen LogP contribution in [0.2, 0.25) is 5.02 Å². The highest BCUT2D eigenvalue weighted by molar-refractivity contribution is 6.30. The second-order valence-corrected chi connectivity index (χ2v) is 5.05. The summed E-state index contributed by atoms with van der Waals surface area (Å²) in [5, 5.41) is 4.00. The van der Waals surface area contributed by atoms with Gasteiger partial charge in [-0.05, 0) is 43.5 Å². The van der Waals surface area contributed by atoms with Crippen LogP contribution in [0.1, 0.15) is 25.3 Å². The third kappa shape index (κ3) is 4.48. The van der Waals surface area contributed by atoms with Crippen LogP contribution in [-0.2, 0) is 11.3 Å². The van der Waals surface area contributed by atoms with Crippen molar-refractivity contribution in [1.29, 1.82) is 0 Å². The first-order valence-corrected chi connectivity index (χ1v) is 6.87. The maximum absolute atomic E-state index is 5.99. The number of hydrogen-bond donors (Lipinski definition) is 1. The van der Waals surface area contributed by atoms with Gasteiger partial charge in [-0.15, -0.1) is 0 Å². The normalized spacial score (nSPS) is 14.8. The van der Waals surface area contributed by atoms with Crippen LogP contribution in [0.4, 0.5) is 0 Å². The second-order valence-electron chi connectivity index (χ2n) is 4.61. The van der Waals surface area contributed by atoms with E-state index in [0.717, 1.165) is 41.9 Å². The summed E-state index contributed by atoms with van der Waals surface area (Å²) in [5.74, 6) is 1.61. The van der Waals surface area contributed by atoms with Crippen LogP contribution in [0.25, 0.3) is 0 Å². The van der Waals surface area contributed by atoms with Crippen LogP contribution in [0.15, 0.2) is 18.2 Å². The fraction of sp³-hybridized carbons (Fsp3) is 0.571. The molecule has 1 fully saturated rings. The van der Waals surface area contributed by atoms with Crippen LogP contribution in [0.3, 0.4) is 0 Å². The summed E-state index contributed by atoms with van der Waals surface area (Å²) in [6.45, 7) is 4.89. The smallest absolute Gasteiger partial charge is 0.189 e. The molecule has 0 aromatic heterocycles. The summed E-state index contributed by atoms with van der Waals surface area (Å²) in [7, 11) is 0. The van der Waals surface area contributed by atoms with Gasteiger partial charge in [0.2, 0.25) is 0 Å². The van der Waals surface area contributed by atoms with Crippen LogP contribution in [0, 0.1) is 5.92 Å². The number of ether oxygens (including phenoxy) is 2. The van der Waals surface area contributed by atoms with Crippen molar-refractivity contribution in [3.8, 4) is 5.75 Å². The Hall–Kier alpha value is -0.770. The van der Waals surface area contributed by atoms with E-state index in [1.807, 2.05) is 18.2 Å². The van der Waals surface area contributed by atoms with Gasteiger partial charge in [-0.25, -0.2) is 0 Å². The molecule has 0 bridgehead atoms. The summed E-state index contributed by atoms with van der Waals surface area (Å²) in [6.07, 6.45) is 2.60. The highest BCUT2D eigenvalue weighted by Crippen LogP contribution is 2.29. The monoisotopic (exact) mass is 269 g/mol. The first-order valence-electron chi connectivity index (χ1n) is 6.49. The Bertz CT molecular complexity index is 380. The summed E-state index contributed by atoms with van der Waals surface area (Å²) in [6, 6.07) is 5.67. The Kier molecular flexibility index (Phi) is 5.29. The molecule has 0 aliphatic heterocycles. The van der Waals surface area contributed by atoms with Gasteiger partial charge in [-0.2, -0.15) is 0 Å². The average molecular weight is 270 g/mol. The SMILES string of the molecule is CCNCc1cc(Cl)ccc1OCOCC1CC1. The second kappa shape index (κ2) is 6.98. The Morgan fingerprint density at radius 1 is 1.39 bits per heavy atom. The molecule has 0 atom stereocenters. The zero-order valence-corrected chi connectivity index (χ0v) is 11.5. The largest absolute Gasteiger partial charge is 0.467 e. The molecule has 2 rings (SSSR count). The van der Waals surface area contributed by atoms with Crippen LogP contribution >= 0.6 is 11.6 Å². The van der Waals surface area contributed by atoms with Gasteiger partial charge in [0.15, 0.2) is 6.79 Å². The minimum absolute atomic E-state index is 0.317. The van der Waals surface area contributed by atoms with Crippen molar-refractivity contribution in [3.63, 3.8) is 0 Å². The first kappa shape index (κ1) is 13.7. The maximum Gasteiger partial charge on any atom is 0.189 e. The highest BCUT2D eigenvalue weighted by Gasteiger charge is 2.21. The van der Waals surface area contributed by atoms with E-state index in [1.165, 1.54) is 12.8 Å². The van der Waals surface area contributed by atoms with Crippen LogP contribution < -0.4 is 10.1 Å². The zero-order valence-electron chi connectivity index (χ0n) is 10.7. The molecule has 4 heteroatoms. The van der Waals surface area contributed by atoms with E-state index < -0.39 is 0 Å². The third-order valence-corrected chi connectivity index (χ3v) is 3.17. The van der Waals surface area contributed by atoms with E-state index in [2.05, 4.69) is 12.2 Å². The zero-order chi connectivity index (χ0) is 12.8. The summed E-state index contributed by atoms with van der Waals surface area (Å²) in [5.41, 5.74) is 1.07. The number of rotatable bonds is 8. The molecule has 0 amide bonds. The topological polar surface area (TPSA) is 30.5 Å². The molecule has 0 saturated heterocycles. The molecular formula is C14H20ClNO2. The molecule has 1 aliphatic rings. The predicted octanol–water partition coefficient (Wildman–Crippen LogP) is 3.21. The molecule has 100 valence electrons. The standard InChI is InChI=1S/C14H20ClNO2/c1-2-16-8-12-7-13(15)5-6-14(12)18-10-17-9-11-3-4-11/h5-7,11,16H,2-4,8-10H2,1H3. The summed E-state index contributed by atoms with van der Waals surface area (Å²) in [4.78, 5) is 0. The number of halogens is 1.